The zero-order valence-electron chi connectivity index (χ0n) is 9.80. The van der Waals surface area contributed by atoms with Crippen LogP contribution in [0.5, 0.6) is 0 Å². The highest BCUT2D eigenvalue weighted by Crippen LogP contribution is 2.21. The molecule has 0 radical (unpaired) electrons. The van der Waals surface area contributed by atoms with Gasteiger partial charge in [0.1, 0.15) is 5.60 Å². The van der Waals surface area contributed by atoms with Crippen molar-refractivity contribution in [2.45, 2.75) is 38.8 Å². The van der Waals surface area contributed by atoms with Gasteiger partial charge in [-0.15, -0.1) is 0 Å². The summed E-state index contributed by atoms with van der Waals surface area (Å²) < 4.78 is 10.9. The lowest BCUT2D eigenvalue weighted by Gasteiger charge is -2.29. The minimum absolute atomic E-state index is 0.0802. The smallest absolute Gasteiger partial charge is 0.106 e. The molecule has 3 heteroatoms. The molecule has 0 bridgehead atoms. The molecule has 1 rings (SSSR count). The van der Waals surface area contributed by atoms with Gasteiger partial charge in [-0.1, -0.05) is 13.8 Å². The van der Waals surface area contributed by atoms with E-state index in [-0.39, 0.29) is 5.60 Å². The Kier molecular flexibility index (Phi) is 4.35. The number of hydrogen-bond acceptors (Lipinski definition) is 3. The van der Waals surface area contributed by atoms with Crippen LogP contribution in [0, 0.1) is 5.92 Å². The van der Waals surface area contributed by atoms with Gasteiger partial charge in [-0.2, -0.15) is 0 Å². The van der Waals surface area contributed by atoms with Crippen molar-refractivity contribution in [3.8, 4) is 0 Å². The molecule has 1 fully saturated rings. The number of rotatable bonds is 5. The molecule has 1 N–H and O–H groups in total. The van der Waals surface area contributed by atoms with E-state index < -0.39 is 0 Å². The topological polar surface area (TPSA) is 30.5 Å². The van der Waals surface area contributed by atoms with Gasteiger partial charge in [-0.05, 0) is 12.8 Å². The molecule has 2 atom stereocenters. The minimum Gasteiger partial charge on any atom is -0.378 e. The molecular weight excluding hydrogens is 178 g/mol. The third-order valence-electron chi connectivity index (χ3n) is 3.25. The molecule has 0 saturated carbocycles. The molecule has 0 aromatic heterocycles. The Hall–Kier alpha value is -0.120. The molecule has 0 aromatic carbocycles. The van der Waals surface area contributed by atoms with Gasteiger partial charge in [0.2, 0.25) is 0 Å². The van der Waals surface area contributed by atoms with Gasteiger partial charge in [0, 0.05) is 32.7 Å². The maximum Gasteiger partial charge on any atom is 0.106 e. The monoisotopic (exact) mass is 201 g/mol. The summed E-state index contributed by atoms with van der Waals surface area (Å²) >= 11 is 0. The Labute approximate surface area is 87.2 Å². The van der Waals surface area contributed by atoms with Crippen molar-refractivity contribution >= 4 is 0 Å². The molecular formula is C11H23NO2. The van der Waals surface area contributed by atoms with Gasteiger partial charge in [0.25, 0.3) is 0 Å². The molecule has 1 heterocycles. The van der Waals surface area contributed by atoms with Crippen LogP contribution in [-0.2, 0) is 9.47 Å². The van der Waals surface area contributed by atoms with Crippen LogP contribution >= 0.6 is 0 Å². The van der Waals surface area contributed by atoms with Crippen molar-refractivity contribution in [2.24, 2.45) is 5.92 Å². The molecule has 0 spiro atoms. The maximum absolute atomic E-state index is 5.54. The normalized spacial score (nSPS) is 29.8. The van der Waals surface area contributed by atoms with Crippen LogP contribution in [0.2, 0.25) is 0 Å². The molecule has 0 aliphatic carbocycles. The molecule has 14 heavy (non-hydrogen) atoms. The summed E-state index contributed by atoms with van der Waals surface area (Å²) in [5.41, 5.74) is -0.0802. The van der Waals surface area contributed by atoms with Gasteiger partial charge >= 0.3 is 0 Å². The van der Waals surface area contributed by atoms with E-state index in [1.165, 1.54) is 0 Å². The van der Waals surface area contributed by atoms with Gasteiger partial charge in [0.05, 0.1) is 6.61 Å². The predicted molar refractivity (Wildman–Crippen MR) is 57.5 cm³/mol. The second-order valence-electron chi connectivity index (χ2n) is 4.60. The van der Waals surface area contributed by atoms with Crippen LogP contribution < -0.4 is 5.32 Å². The summed E-state index contributed by atoms with van der Waals surface area (Å²) in [6.07, 6.45) is 1.00. The van der Waals surface area contributed by atoms with Crippen LogP contribution in [0.25, 0.3) is 0 Å². The lowest BCUT2D eigenvalue weighted by molar-refractivity contribution is -0.0179. The van der Waals surface area contributed by atoms with Gasteiger partial charge in [-0.3, -0.25) is 0 Å². The molecule has 1 saturated heterocycles. The average Bonchev–Trinajstić information content (AvgIpc) is 2.63. The van der Waals surface area contributed by atoms with Gasteiger partial charge < -0.3 is 14.8 Å². The molecule has 0 aromatic rings. The Bertz CT molecular complexity index is 165. The largest absolute Gasteiger partial charge is 0.378 e. The Morgan fingerprint density at radius 1 is 1.43 bits per heavy atom. The van der Waals surface area contributed by atoms with Crippen LogP contribution in [0.15, 0.2) is 0 Å². The molecule has 1 aliphatic heterocycles. The highest BCUT2D eigenvalue weighted by atomic mass is 16.5. The first-order chi connectivity index (χ1) is 6.59. The van der Waals surface area contributed by atoms with E-state index in [0.717, 1.165) is 26.2 Å². The summed E-state index contributed by atoms with van der Waals surface area (Å²) in [5.74, 6) is 0.659. The third kappa shape index (κ3) is 2.94. The second-order valence-corrected chi connectivity index (χ2v) is 4.60. The number of nitrogens with one attached hydrogen (secondary N) is 1. The molecule has 3 nitrogen and oxygen atoms in total. The summed E-state index contributed by atoms with van der Waals surface area (Å²) in [4.78, 5) is 0. The first-order valence-electron chi connectivity index (χ1n) is 5.46. The quantitative estimate of drug-likeness (QED) is 0.730. The van der Waals surface area contributed by atoms with E-state index in [2.05, 4.69) is 26.1 Å². The van der Waals surface area contributed by atoms with Crippen molar-refractivity contribution in [1.82, 2.24) is 5.32 Å². The fraction of sp³-hybridized carbons (Fsp3) is 1.00. The summed E-state index contributed by atoms with van der Waals surface area (Å²) in [6, 6.07) is 0.530. The van der Waals surface area contributed by atoms with E-state index >= 15 is 0 Å². The fourth-order valence-corrected chi connectivity index (χ4v) is 1.54. The SMILES string of the molecule is COC1(CNC(C)C(C)C)CCOC1. The van der Waals surface area contributed by atoms with Gasteiger partial charge in [0.15, 0.2) is 0 Å². The molecule has 2 unspecified atom stereocenters. The number of ether oxygens (including phenoxy) is 2. The third-order valence-corrected chi connectivity index (χ3v) is 3.25. The van der Waals surface area contributed by atoms with Crippen LogP contribution in [0.3, 0.4) is 0 Å². The predicted octanol–water partition coefficient (Wildman–Crippen LogP) is 1.43. The van der Waals surface area contributed by atoms with Crippen molar-refractivity contribution in [1.29, 1.82) is 0 Å². The molecule has 0 amide bonds. The lowest BCUT2D eigenvalue weighted by atomic mass is 10.0. The highest BCUT2D eigenvalue weighted by Gasteiger charge is 2.34. The van der Waals surface area contributed by atoms with Crippen molar-refractivity contribution in [2.75, 3.05) is 26.9 Å². The first kappa shape index (κ1) is 12.0. The number of methoxy groups -OCH3 is 1. The summed E-state index contributed by atoms with van der Waals surface area (Å²) in [7, 11) is 1.77. The number of hydrogen-bond donors (Lipinski definition) is 1. The van der Waals surface area contributed by atoms with Crippen LogP contribution in [0.1, 0.15) is 27.2 Å². The Balaban J connectivity index is 2.34. The van der Waals surface area contributed by atoms with Crippen LogP contribution in [-0.4, -0.2) is 38.5 Å². The maximum atomic E-state index is 5.54. The van der Waals surface area contributed by atoms with E-state index in [1.54, 1.807) is 7.11 Å². The second kappa shape index (κ2) is 5.10. The standard InChI is InChI=1S/C11H23NO2/c1-9(2)10(3)12-7-11(13-4)5-6-14-8-11/h9-10,12H,5-8H2,1-4H3. The van der Waals surface area contributed by atoms with Gasteiger partial charge in [-0.25, -0.2) is 0 Å². The van der Waals surface area contributed by atoms with E-state index in [9.17, 15) is 0 Å². The molecule has 84 valence electrons. The van der Waals surface area contributed by atoms with E-state index in [1.807, 2.05) is 0 Å². The Morgan fingerprint density at radius 2 is 2.14 bits per heavy atom. The van der Waals surface area contributed by atoms with Crippen molar-refractivity contribution in [3.05, 3.63) is 0 Å². The summed E-state index contributed by atoms with van der Waals surface area (Å²) in [6.45, 7) is 9.10. The molecule has 1 aliphatic rings. The summed E-state index contributed by atoms with van der Waals surface area (Å²) in [5, 5.41) is 3.51. The lowest BCUT2D eigenvalue weighted by Crippen LogP contribution is -2.46. The Morgan fingerprint density at radius 3 is 2.57 bits per heavy atom. The fourth-order valence-electron chi connectivity index (χ4n) is 1.54. The van der Waals surface area contributed by atoms with Crippen molar-refractivity contribution in [3.63, 3.8) is 0 Å². The van der Waals surface area contributed by atoms with E-state index in [4.69, 9.17) is 9.47 Å². The van der Waals surface area contributed by atoms with Crippen LogP contribution in [0.4, 0.5) is 0 Å². The highest BCUT2D eigenvalue weighted by molar-refractivity contribution is 4.88. The minimum atomic E-state index is -0.0802. The first-order valence-corrected chi connectivity index (χ1v) is 5.46. The zero-order chi connectivity index (χ0) is 10.6. The van der Waals surface area contributed by atoms with Crippen molar-refractivity contribution < 1.29 is 9.47 Å². The van der Waals surface area contributed by atoms with E-state index in [0.29, 0.717) is 12.0 Å². The average molecular weight is 201 g/mol. The zero-order valence-corrected chi connectivity index (χ0v) is 9.80.